The normalized spacial score (nSPS) is 11.6. The molecule has 2 heterocycles. The van der Waals surface area contributed by atoms with E-state index in [1.54, 1.807) is 18.7 Å². The number of hydrogen-bond acceptors (Lipinski definition) is 6. The fourth-order valence-electron chi connectivity index (χ4n) is 2.74. The van der Waals surface area contributed by atoms with Crippen LogP contribution in [0.25, 0.3) is 11.3 Å². The average Bonchev–Trinajstić information content (AvgIpc) is 3.26. The van der Waals surface area contributed by atoms with E-state index in [1.165, 1.54) is 12.1 Å². The maximum Gasteiger partial charge on any atom is 0.345 e. The molecule has 0 radical (unpaired) electrons. The summed E-state index contributed by atoms with van der Waals surface area (Å²) in [4.78, 5) is 27.9. The lowest BCUT2D eigenvalue weighted by Gasteiger charge is -2.03. The van der Waals surface area contributed by atoms with Crippen molar-refractivity contribution in [3.8, 4) is 17.0 Å². The van der Waals surface area contributed by atoms with E-state index in [9.17, 15) is 14.7 Å². The number of carbonyl (C=O) groups is 2. The van der Waals surface area contributed by atoms with Gasteiger partial charge in [-0.3, -0.25) is 14.5 Å². The Morgan fingerprint density at radius 3 is 2.39 bits per heavy atom. The van der Waals surface area contributed by atoms with Gasteiger partial charge in [-0.2, -0.15) is 5.10 Å². The number of Topliss-reactive ketones (excluding diaryl/α,β-unsaturated/α-hetero) is 1. The number of carbonyl (C=O) groups excluding carboxylic acids is 1. The van der Waals surface area contributed by atoms with Gasteiger partial charge in [-0.05, 0) is 26.0 Å². The molecule has 2 aromatic heterocycles. The molecular weight excluding hydrogens is 378 g/mol. The third-order valence-corrected chi connectivity index (χ3v) is 5.36. The molecule has 7 nitrogen and oxygen atoms in total. The van der Waals surface area contributed by atoms with E-state index < -0.39 is 5.97 Å². The zero-order chi connectivity index (χ0) is 20.4. The van der Waals surface area contributed by atoms with Crippen molar-refractivity contribution < 1.29 is 19.8 Å². The monoisotopic (exact) mass is 397 g/mol. The number of carboxylic acids is 1. The maximum absolute atomic E-state index is 12.2. The molecule has 8 heteroatoms. The van der Waals surface area contributed by atoms with Crippen LogP contribution in [-0.4, -0.2) is 44.0 Å². The van der Waals surface area contributed by atoms with Gasteiger partial charge in [0.25, 0.3) is 0 Å². The molecular formula is C20H19N3O4S. The van der Waals surface area contributed by atoms with Crippen LogP contribution in [0.2, 0.25) is 0 Å². The molecule has 0 bridgehead atoms. The van der Waals surface area contributed by atoms with Crippen molar-refractivity contribution >= 4 is 28.8 Å². The molecule has 0 saturated heterocycles. The number of ketones is 1. The van der Waals surface area contributed by atoms with Crippen molar-refractivity contribution in [3.05, 3.63) is 57.4 Å². The first-order valence-corrected chi connectivity index (χ1v) is 9.30. The summed E-state index contributed by atoms with van der Waals surface area (Å²) in [6, 6.07) is 10.6. The second-order valence-corrected chi connectivity index (χ2v) is 7.41. The lowest BCUT2D eigenvalue weighted by atomic mass is 10.1. The van der Waals surface area contributed by atoms with Crippen LogP contribution in [0.3, 0.4) is 0 Å². The summed E-state index contributed by atoms with van der Waals surface area (Å²) >= 11 is 0.917. The molecule has 0 atom stereocenters. The summed E-state index contributed by atoms with van der Waals surface area (Å²) in [5, 5.41) is 23.9. The van der Waals surface area contributed by atoms with Crippen molar-refractivity contribution in [2.24, 2.45) is 12.0 Å². The molecule has 0 unspecified atom stereocenters. The molecule has 2 N–H and O–H groups in total. The molecule has 0 saturated carbocycles. The summed E-state index contributed by atoms with van der Waals surface area (Å²) in [6.45, 7) is 3.51. The van der Waals surface area contributed by atoms with E-state index in [0.717, 1.165) is 22.5 Å². The molecule has 1 aromatic carbocycles. The van der Waals surface area contributed by atoms with E-state index >= 15 is 0 Å². The Balaban J connectivity index is 1.83. The van der Waals surface area contributed by atoms with Gasteiger partial charge in [-0.15, -0.1) is 11.3 Å². The first kappa shape index (κ1) is 19.5. The molecule has 28 heavy (non-hydrogen) atoms. The largest absolute Gasteiger partial charge is 0.504 e. The molecule has 0 aliphatic rings. The summed E-state index contributed by atoms with van der Waals surface area (Å²) in [7, 11) is 1.73. The van der Waals surface area contributed by atoms with Gasteiger partial charge in [0.15, 0.2) is 11.5 Å². The highest BCUT2D eigenvalue weighted by Crippen LogP contribution is 2.32. The minimum Gasteiger partial charge on any atom is -0.504 e. The van der Waals surface area contributed by atoms with Gasteiger partial charge >= 0.3 is 5.97 Å². The number of benzene rings is 1. The molecule has 0 amide bonds. The second kappa shape index (κ2) is 7.77. The number of aliphatic imine (C=N–C) groups is 1. The molecule has 0 aliphatic heterocycles. The van der Waals surface area contributed by atoms with Crippen LogP contribution in [0.5, 0.6) is 5.75 Å². The highest BCUT2D eigenvalue weighted by atomic mass is 32.1. The molecule has 3 aromatic rings. The minimum atomic E-state index is -1.06. The molecule has 0 aliphatic carbocycles. The Bertz CT molecular complexity index is 1080. The minimum absolute atomic E-state index is 0.00402. The van der Waals surface area contributed by atoms with Crippen molar-refractivity contribution in [2.75, 3.05) is 6.54 Å². The number of hydrogen-bond donors (Lipinski definition) is 2. The van der Waals surface area contributed by atoms with Crippen molar-refractivity contribution in [2.45, 2.75) is 13.8 Å². The fraction of sp³-hybridized carbons (Fsp3) is 0.200. The highest BCUT2D eigenvalue weighted by molar-refractivity contribution is 7.15. The van der Waals surface area contributed by atoms with Crippen molar-refractivity contribution in [1.82, 2.24) is 9.78 Å². The van der Waals surface area contributed by atoms with Gasteiger partial charge in [0.2, 0.25) is 0 Å². The summed E-state index contributed by atoms with van der Waals surface area (Å²) < 4.78 is 1.58. The summed E-state index contributed by atoms with van der Waals surface area (Å²) in [5.74, 6) is -1.35. The third-order valence-electron chi connectivity index (χ3n) is 4.24. The molecule has 0 spiro atoms. The highest BCUT2D eigenvalue weighted by Gasteiger charge is 2.19. The number of aryl methyl sites for hydroxylation is 2. The van der Waals surface area contributed by atoms with Gasteiger partial charge in [0.05, 0.1) is 10.6 Å². The molecule has 144 valence electrons. The van der Waals surface area contributed by atoms with Crippen LogP contribution in [0.15, 0.2) is 41.4 Å². The Morgan fingerprint density at radius 1 is 1.14 bits per heavy atom. The second-order valence-electron chi connectivity index (χ2n) is 6.33. The predicted molar refractivity (Wildman–Crippen MR) is 108 cm³/mol. The van der Waals surface area contributed by atoms with Gasteiger partial charge in [-0.25, -0.2) is 4.79 Å². The first-order valence-electron chi connectivity index (χ1n) is 8.48. The molecule has 0 fully saturated rings. The van der Waals surface area contributed by atoms with E-state index in [4.69, 9.17) is 5.11 Å². The summed E-state index contributed by atoms with van der Waals surface area (Å²) in [5.41, 5.74) is 3.24. The van der Waals surface area contributed by atoms with Gasteiger partial charge in [-0.1, -0.05) is 29.8 Å². The van der Waals surface area contributed by atoms with Crippen LogP contribution in [0.1, 0.15) is 37.5 Å². The zero-order valence-electron chi connectivity index (χ0n) is 15.6. The standard InChI is InChI=1S/C20H19N3O4S/c1-11-4-6-13(7-5-11)18-19(25)17(22-23(18)3)12(2)21-10-14(24)15-8-9-16(28-15)20(26)27/h4-9,25H,10H2,1-3H3,(H,26,27). The van der Waals surface area contributed by atoms with Crippen LogP contribution in [0, 0.1) is 6.92 Å². The lowest BCUT2D eigenvalue weighted by molar-refractivity contribution is 0.0702. The Labute approximate surface area is 165 Å². The summed E-state index contributed by atoms with van der Waals surface area (Å²) in [6.07, 6.45) is 0. The van der Waals surface area contributed by atoms with E-state index in [-0.39, 0.29) is 23.0 Å². The van der Waals surface area contributed by atoms with E-state index in [0.29, 0.717) is 22.0 Å². The first-order chi connectivity index (χ1) is 13.3. The number of rotatable bonds is 6. The van der Waals surface area contributed by atoms with Gasteiger partial charge in [0, 0.05) is 12.6 Å². The number of aromatic nitrogens is 2. The van der Waals surface area contributed by atoms with E-state index in [1.807, 2.05) is 31.2 Å². The lowest BCUT2D eigenvalue weighted by Crippen LogP contribution is -2.05. The van der Waals surface area contributed by atoms with Crippen molar-refractivity contribution in [3.63, 3.8) is 0 Å². The Kier molecular flexibility index (Phi) is 5.41. The Morgan fingerprint density at radius 2 is 1.79 bits per heavy atom. The number of aromatic hydroxyl groups is 1. The smallest absolute Gasteiger partial charge is 0.345 e. The number of aromatic carboxylic acids is 1. The topological polar surface area (TPSA) is 105 Å². The fourth-order valence-corrected chi connectivity index (χ4v) is 3.51. The molecule has 3 rings (SSSR count). The van der Waals surface area contributed by atoms with E-state index in [2.05, 4.69) is 10.1 Å². The van der Waals surface area contributed by atoms with Crippen LogP contribution < -0.4 is 0 Å². The zero-order valence-corrected chi connectivity index (χ0v) is 16.4. The average molecular weight is 397 g/mol. The van der Waals surface area contributed by atoms with Crippen LogP contribution in [-0.2, 0) is 7.05 Å². The number of thiophene rings is 1. The number of carboxylic acid groups (broad SMARTS) is 1. The van der Waals surface area contributed by atoms with Crippen LogP contribution >= 0.6 is 11.3 Å². The van der Waals surface area contributed by atoms with Gasteiger partial charge in [0.1, 0.15) is 22.8 Å². The SMILES string of the molecule is CC(=NCC(=O)c1ccc(C(=O)O)s1)c1nn(C)c(-c2ccc(C)cc2)c1O. The number of nitrogens with zero attached hydrogens (tertiary/aromatic N) is 3. The van der Waals surface area contributed by atoms with Crippen LogP contribution in [0.4, 0.5) is 0 Å². The quantitative estimate of drug-likeness (QED) is 0.489. The van der Waals surface area contributed by atoms with Crippen molar-refractivity contribution in [1.29, 1.82) is 0 Å². The predicted octanol–water partition coefficient (Wildman–Crippen LogP) is 3.55. The van der Waals surface area contributed by atoms with Gasteiger partial charge < -0.3 is 10.2 Å². The maximum atomic E-state index is 12.2. The third kappa shape index (κ3) is 3.86. The Hall–Kier alpha value is -3.26.